The minimum Gasteiger partial charge on any atom is -0.487 e. The monoisotopic (exact) mass is 420 g/mol. The summed E-state index contributed by atoms with van der Waals surface area (Å²) in [7, 11) is 0. The maximum Gasteiger partial charge on any atom is 0.142 e. The van der Waals surface area contributed by atoms with Crippen molar-refractivity contribution in [2.75, 3.05) is 0 Å². The zero-order valence-corrected chi connectivity index (χ0v) is 16.7. The highest BCUT2D eigenvalue weighted by Gasteiger charge is 2.22. The molecular formula is C24H18ClFN2O2. The third-order valence-electron chi connectivity index (χ3n) is 5.44. The van der Waals surface area contributed by atoms with E-state index < -0.39 is 11.9 Å². The van der Waals surface area contributed by atoms with Gasteiger partial charge in [0, 0.05) is 22.8 Å². The molecule has 4 aromatic rings. The van der Waals surface area contributed by atoms with E-state index >= 15 is 0 Å². The lowest BCUT2D eigenvalue weighted by atomic mass is 9.98. The molecule has 2 aromatic carbocycles. The standard InChI is InChI=1S/C24H18ClFN2O2/c25-20-12-23-15(10-21(20)26)3-6-16(28-23)13-30-17-7-4-14-5-8-22-18(2-1-9-27-22)24(29)19(14)11-17/h1-4,6-7,9-12,24,29H,5,8,13H2. The number of aliphatic hydroxyl groups excluding tert-OH is 1. The first kappa shape index (κ1) is 19.0. The van der Waals surface area contributed by atoms with Crippen LogP contribution in [0.3, 0.4) is 0 Å². The lowest BCUT2D eigenvalue weighted by Gasteiger charge is -2.15. The van der Waals surface area contributed by atoms with Crippen LogP contribution in [-0.2, 0) is 19.4 Å². The zero-order valence-electron chi connectivity index (χ0n) is 16.0. The molecule has 30 heavy (non-hydrogen) atoms. The summed E-state index contributed by atoms with van der Waals surface area (Å²) in [5.41, 5.74) is 5.02. The molecule has 1 atom stereocenters. The van der Waals surface area contributed by atoms with Crippen LogP contribution in [0.2, 0.25) is 5.02 Å². The van der Waals surface area contributed by atoms with Crippen molar-refractivity contribution in [3.05, 3.63) is 99.7 Å². The van der Waals surface area contributed by atoms with Crippen LogP contribution in [0.5, 0.6) is 5.75 Å². The van der Waals surface area contributed by atoms with E-state index in [-0.39, 0.29) is 11.6 Å². The van der Waals surface area contributed by atoms with Gasteiger partial charge >= 0.3 is 0 Å². The van der Waals surface area contributed by atoms with Gasteiger partial charge in [-0.3, -0.25) is 4.98 Å². The van der Waals surface area contributed by atoms with Crippen molar-refractivity contribution in [3.8, 4) is 5.75 Å². The predicted molar refractivity (Wildman–Crippen MR) is 113 cm³/mol. The fourth-order valence-electron chi connectivity index (χ4n) is 3.87. The number of pyridine rings is 2. The van der Waals surface area contributed by atoms with Crippen LogP contribution < -0.4 is 4.74 Å². The van der Waals surface area contributed by atoms with E-state index in [9.17, 15) is 9.50 Å². The highest BCUT2D eigenvalue weighted by molar-refractivity contribution is 6.31. The van der Waals surface area contributed by atoms with Gasteiger partial charge in [-0.25, -0.2) is 9.37 Å². The van der Waals surface area contributed by atoms with Crippen molar-refractivity contribution in [3.63, 3.8) is 0 Å². The Kier molecular flexibility index (Phi) is 4.85. The summed E-state index contributed by atoms with van der Waals surface area (Å²) in [4.78, 5) is 8.92. The molecule has 0 aliphatic heterocycles. The van der Waals surface area contributed by atoms with E-state index in [1.807, 2.05) is 30.3 Å². The van der Waals surface area contributed by atoms with E-state index in [1.165, 1.54) is 12.1 Å². The number of nitrogens with zero attached hydrogens (tertiary/aromatic N) is 2. The third kappa shape index (κ3) is 3.51. The quantitative estimate of drug-likeness (QED) is 0.496. The minimum absolute atomic E-state index is 0.0441. The average Bonchev–Trinajstić information content (AvgIpc) is 2.90. The molecule has 0 radical (unpaired) electrons. The number of rotatable bonds is 3. The van der Waals surface area contributed by atoms with Crippen molar-refractivity contribution >= 4 is 22.5 Å². The second-order valence-corrected chi connectivity index (χ2v) is 7.76. The first-order valence-corrected chi connectivity index (χ1v) is 10.1. The van der Waals surface area contributed by atoms with E-state index in [4.69, 9.17) is 16.3 Å². The Labute approximate surface area is 177 Å². The number of hydrogen-bond donors (Lipinski definition) is 1. The van der Waals surface area contributed by atoms with Gasteiger partial charge in [-0.15, -0.1) is 0 Å². The number of hydrogen-bond acceptors (Lipinski definition) is 4. The van der Waals surface area contributed by atoms with Crippen LogP contribution in [0.25, 0.3) is 10.9 Å². The topological polar surface area (TPSA) is 55.2 Å². The van der Waals surface area contributed by atoms with Gasteiger partial charge in [-0.1, -0.05) is 29.8 Å². The number of halogens is 2. The first-order chi connectivity index (χ1) is 14.6. The molecular weight excluding hydrogens is 403 g/mol. The molecule has 5 rings (SSSR count). The van der Waals surface area contributed by atoms with Crippen molar-refractivity contribution < 1.29 is 14.2 Å². The third-order valence-corrected chi connectivity index (χ3v) is 5.73. The Hall–Kier alpha value is -3.02. The smallest absolute Gasteiger partial charge is 0.142 e. The van der Waals surface area contributed by atoms with Gasteiger partial charge in [0.25, 0.3) is 0 Å². The van der Waals surface area contributed by atoms with Gasteiger partial charge in [-0.05, 0) is 60.4 Å². The van der Waals surface area contributed by atoms with Crippen molar-refractivity contribution in [2.24, 2.45) is 0 Å². The van der Waals surface area contributed by atoms with E-state index in [1.54, 1.807) is 18.3 Å². The molecule has 0 saturated heterocycles. The van der Waals surface area contributed by atoms with Gasteiger partial charge in [0.05, 0.1) is 16.2 Å². The van der Waals surface area contributed by atoms with Gasteiger partial charge in [-0.2, -0.15) is 0 Å². The van der Waals surface area contributed by atoms with E-state index in [0.29, 0.717) is 22.3 Å². The van der Waals surface area contributed by atoms with Crippen molar-refractivity contribution in [1.29, 1.82) is 0 Å². The zero-order chi connectivity index (χ0) is 20.7. The lowest BCUT2D eigenvalue weighted by Crippen LogP contribution is -2.04. The van der Waals surface area contributed by atoms with Crippen molar-refractivity contribution in [1.82, 2.24) is 9.97 Å². The Morgan fingerprint density at radius 3 is 2.87 bits per heavy atom. The molecule has 6 heteroatoms. The minimum atomic E-state index is -0.731. The summed E-state index contributed by atoms with van der Waals surface area (Å²) in [6.45, 7) is 0.248. The normalized spacial score (nSPS) is 15.4. The first-order valence-electron chi connectivity index (χ1n) is 9.70. The average molecular weight is 421 g/mol. The molecule has 0 saturated carbocycles. The maximum absolute atomic E-state index is 13.6. The Morgan fingerprint density at radius 1 is 1.07 bits per heavy atom. The summed E-state index contributed by atoms with van der Waals surface area (Å²) in [6, 6.07) is 16.0. The Balaban J connectivity index is 1.39. The second kappa shape index (κ2) is 7.67. The summed E-state index contributed by atoms with van der Waals surface area (Å²) >= 11 is 5.87. The highest BCUT2D eigenvalue weighted by Crippen LogP contribution is 2.34. The SMILES string of the molecule is OC1c2cc(OCc3ccc4cc(F)c(Cl)cc4n3)ccc2CCc2ncccc21. The largest absolute Gasteiger partial charge is 0.487 e. The molecule has 2 heterocycles. The molecule has 1 unspecified atom stereocenters. The summed E-state index contributed by atoms with van der Waals surface area (Å²) in [6.07, 6.45) is 2.64. The maximum atomic E-state index is 13.6. The molecule has 1 aliphatic carbocycles. The summed E-state index contributed by atoms with van der Waals surface area (Å²) < 4.78 is 19.5. The van der Waals surface area contributed by atoms with Crippen LogP contribution in [0.1, 0.15) is 34.2 Å². The number of fused-ring (bicyclic) bond motifs is 3. The summed E-state index contributed by atoms with van der Waals surface area (Å²) in [5.74, 6) is 0.189. The molecule has 1 aliphatic rings. The summed E-state index contributed by atoms with van der Waals surface area (Å²) in [5, 5.41) is 11.6. The number of ether oxygens (including phenoxy) is 1. The molecule has 0 fully saturated rings. The van der Waals surface area contributed by atoms with Crippen LogP contribution >= 0.6 is 11.6 Å². The second-order valence-electron chi connectivity index (χ2n) is 7.35. The van der Waals surface area contributed by atoms with Gasteiger partial charge in [0.2, 0.25) is 0 Å². The van der Waals surface area contributed by atoms with Crippen LogP contribution in [0, 0.1) is 5.82 Å². The van der Waals surface area contributed by atoms with Crippen molar-refractivity contribution in [2.45, 2.75) is 25.6 Å². The molecule has 1 N–H and O–H groups in total. The van der Waals surface area contributed by atoms with Crippen LogP contribution in [0.15, 0.2) is 60.8 Å². The van der Waals surface area contributed by atoms with Crippen LogP contribution in [-0.4, -0.2) is 15.1 Å². The molecule has 2 aromatic heterocycles. The Morgan fingerprint density at radius 2 is 1.97 bits per heavy atom. The number of benzene rings is 2. The number of aliphatic hydroxyl groups is 1. The van der Waals surface area contributed by atoms with E-state index in [2.05, 4.69) is 9.97 Å². The van der Waals surface area contributed by atoms with E-state index in [0.717, 1.165) is 35.2 Å². The lowest BCUT2D eigenvalue weighted by molar-refractivity contribution is 0.218. The van der Waals surface area contributed by atoms with Gasteiger partial charge in [0.15, 0.2) is 0 Å². The van der Waals surface area contributed by atoms with Gasteiger partial charge < -0.3 is 9.84 Å². The number of aromatic nitrogens is 2. The fourth-order valence-corrected chi connectivity index (χ4v) is 4.03. The molecule has 0 amide bonds. The fraction of sp³-hybridized carbons (Fsp3) is 0.167. The van der Waals surface area contributed by atoms with Crippen LogP contribution in [0.4, 0.5) is 4.39 Å². The Bertz CT molecular complexity index is 1260. The molecule has 150 valence electrons. The highest BCUT2D eigenvalue weighted by atomic mass is 35.5. The molecule has 4 nitrogen and oxygen atoms in total. The molecule has 0 spiro atoms. The predicted octanol–water partition coefficient (Wildman–Crippen LogP) is 5.18. The number of aryl methyl sites for hydroxylation is 2. The van der Waals surface area contributed by atoms with Gasteiger partial charge in [0.1, 0.15) is 24.3 Å². The molecule has 0 bridgehead atoms.